The van der Waals surface area contributed by atoms with E-state index in [1.54, 1.807) is 6.08 Å². The van der Waals surface area contributed by atoms with Gasteiger partial charge in [-0.2, -0.15) is 0 Å². The maximum Gasteiger partial charge on any atom is 0.306 e. The van der Waals surface area contributed by atoms with Crippen LogP contribution < -0.4 is 5.32 Å². The van der Waals surface area contributed by atoms with E-state index in [1.165, 1.54) is 173 Å². The molecule has 0 radical (unpaired) electrons. The third-order valence-corrected chi connectivity index (χ3v) is 17.6. The molecular weight excluding hydrogens is 1160 g/mol. The summed E-state index contributed by atoms with van der Waals surface area (Å²) in [5, 5.41) is 57.4. The van der Waals surface area contributed by atoms with E-state index in [9.17, 15) is 35.1 Å². The highest BCUT2D eigenvalue weighted by Crippen LogP contribution is 2.26. The van der Waals surface area contributed by atoms with E-state index in [4.69, 9.17) is 14.2 Å². The zero-order chi connectivity index (χ0) is 67.4. The number of rotatable bonds is 66. The molecule has 6 N–H and O–H groups in total. The summed E-state index contributed by atoms with van der Waals surface area (Å²) >= 11 is 0. The van der Waals surface area contributed by atoms with Gasteiger partial charge in [0.05, 0.1) is 25.4 Å². The van der Waals surface area contributed by atoms with Crippen molar-refractivity contribution < 1.29 is 49.3 Å². The first-order valence-corrected chi connectivity index (χ1v) is 38.7. The number of carbonyl (C=O) groups is 2. The summed E-state index contributed by atoms with van der Waals surface area (Å²) in [7, 11) is 0. The molecule has 1 rings (SSSR count). The summed E-state index contributed by atoms with van der Waals surface area (Å²) in [6.07, 6.45) is 84.0. The summed E-state index contributed by atoms with van der Waals surface area (Å²) in [5.74, 6) is -1.20. The van der Waals surface area contributed by atoms with Crippen molar-refractivity contribution in [1.29, 1.82) is 0 Å². The van der Waals surface area contributed by atoms with Crippen LogP contribution in [0, 0.1) is 0 Å². The Morgan fingerprint density at radius 3 is 1.13 bits per heavy atom. The monoisotopic (exact) mass is 1300 g/mol. The van der Waals surface area contributed by atoms with E-state index < -0.39 is 67.4 Å². The van der Waals surface area contributed by atoms with E-state index in [-0.39, 0.29) is 19.4 Å². The lowest BCUT2D eigenvalue weighted by Crippen LogP contribution is -2.61. The molecule has 1 saturated heterocycles. The highest BCUT2D eigenvalue weighted by atomic mass is 16.7. The predicted molar refractivity (Wildman–Crippen MR) is 393 cm³/mol. The van der Waals surface area contributed by atoms with Crippen molar-refractivity contribution in [1.82, 2.24) is 5.32 Å². The topological polar surface area (TPSA) is 175 Å². The molecule has 8 unspecified atom stereocenters. The van der Waals surface area contributed by atoms with Crippen molar-refractivity contribution in [2.24, 2.45) is 0 Å². The van der Waals surface area contributed by atoms with Gasteiger partial charge in [0.25, 0.3) is 0 Å². The zero-order valence-electron chi connectivity index (χ0n) is 59.9. The van der Waals surface area contributed by atoms with Crippen LogP contribution in [-0.2, 0) is 23.8 Å². The molecule has 11 heteroatoms. The third-order valence-electron chi connectivity index (χ3n) is 17.6. The lowest BCUT2D eigenvalue weighted by Gasteiger charge is -2.41. The Hall–Kier alpha value is -3.68. The Balaban J connectivity index is 2.56. The molecule has 0 bridgehead atoms. The van der Waals surface area contributed by atoms with E-state index >= 15 is 0 Å². The van der Waals surface area contributed by atoms with E-state index in [0.29, 0.717) is 12.8 Å². The molecular formula is C82H143NO10. The van der Waals surface area contributed by atoms with Gasteiger partial charge in [-0.05, 0) is 116 Å². The average Bonchev–Trinajstić information content (AvgIpc) is 0.910. The molecule has 536 valence electrons. The van der Waals surface area contributed by atoms with Crippen LogP contribution in [0.3, 0.4) is 0 Å². The van der Waals surface area contributed by atoms with Crippen LogP contribution in [0.15, 0.2) is 109 Å². The Kier molecular flexibility index (Phi) is 64.1. The third kappa shape index (κ3) is 55.1. The van der Waals surface area contributed by atoms with Gasteiger partial charge in [0.2, 0.25) is 5.91 Å². The maximum absolute atomic E-state index is 13.5. The minimum atomic E-state index is -1.62. The van der Waals surface area contributed by atoms with E-state index in [1.807, 2.05) is 6.08 Å². The SMILES string of the molecule is CCCCC/C=C\C/C=C\C/C=C\C/C=C\CCCCCCCCCCCCC(O)C(=O)NC(COC1OC(CO)C(O)C(O)C1OC(=O)CCCCCCCCCCC/C=C\C/C=C\C/C=C\C/C=C\CCCCC)C(O)/C=C/CCCCCCCCCCCCC. The molecule has 1 aliphatic rings. The first-order chi connectivity index (χ1) is 45.7. The number of unbranched alkanes of at least 4 members (excludes halogenated alkanes) is 36. The minimum absolute atomic E-state index is 0.112. The summed E-state index contributed by atoms with van der Waals surface area (Å²) in [5.41, 5.74) is 0. The number of carbonyl (C=O) groups excluding carboxylic acids is 2. The standard InChI is InChI=1S/C82H143NO10/c1-4-7-10-13-16-19-22-25-27-29-31-33-35-37-39-40-42-44-46-48-51-54-57-60-63-66-69-75(86)81(90)83-73(74(85)68-65-62-59-56-53-50-24-21-18-15-12-9-6-3)72-91-82-80(79(89)78(88)76(71-84)92-82)93-77(87)70-67-64-61-58-55-52-49-47-45-43-41-38-36-34-32-30-28-26-23-20-17-14-11-8-5-2/h16-17,19-20,25-28,31-34,37-39,41,65,68,73-76,78-80,82,84-86,88-89H,4-15,18,21-24,29-30,35-36,40,42-64,66-67,69-72H2,1-3H3,(H,83,90)/b19-16-,20-17-,27-25-,28-26-,33-31-,34-32-,39-37-,41-38-,68-65+. The summed E-state index contributed by atoms with van der Waals surface area (Å²) in [6, 6.07) is -1.03. The number of aliphatic hydroxyl groups excluding tert-OH is 5. The highest BCUT2D eigenvalue weighted by Gasteiger charge is 2.47. The Bertz CT molecular complexity index is 1940. The van der Waals surface area contributed by atoms with Crippen LogP contribution in [0.4, 0.5) is 0 Å². The largest absolute Gasteiger partial charge is 0.454 e. The van der Waals surface area contributed by atoms with Gasteiger partial charge in [0.1, 0.15) is 24.4 Å². The van der Waals surface area contributed by atoms with Crippen molar-refractivity contribution in [2.45, 2.75) is 384 Å². The molecule has 1 aliphatic heterocycles. The fourth-order valence-electron chi connectivity index (χ4n) is 11.6. The number of nitrogens with one attached hydrogen (secondary N) is 1. The van der Waals surface area contributed by atoms with Crippen molar-refractivity contribution in [3.8, 4) is 0 Å². The molecule has 11 nitrogen and oxygen atoms in total. The Labute approximate surface area is 570 Å². The van der Waals surface area contributed by atoms with E-state index in [2.05, 4.69) is 123 Å². The second kappa shape index (κ2) is 68.3. The lowest BCUT2D eigenvalue weighted by atomic mass is 9.99. The van der Waals surface area contributed by atoms with Crippen molar-refractivity contribution in [2.75, 3.05) is 13.2 Å². The molecule has 0 saturated carbocycles. The second-order valence-electron chi connectivity index (χ2n) is 26.4. The number of amides is 1. The number of aliphatic hydroxyl groups is 5. The van der Waals surface area contributed by atoms with Gasteiger partial charge in [-0.15, -0.1) is 0 Å². The van der Waals surface area contributed by atoms with Crippen LogP contribution in [0.25, 0.3) is 0 Å². The Morgan fingerprint density at radius 2 is 0.742 bits per heavy atom. The van der Waals surface area contributed by atoms with Crippen molar-refractivity contribution >= 4 is 11.9 Å². The summed E-state index contributed by atoms with van der Waals surface area (Å²) in [4.78, 5) is 26.8. The maximum atomic E-state index is 13.5. The number of hydrogen-bond donors (Lipinski definition) is 6. The molecule has 0 aromatic rings. The van der Waals surface area contributed by atoms with Crippen molar-refractivity contribution in [3.05, 3.63) is 109 Å². The highest BCUT2D eigenvalue weighted by molar-refractivity contribution is 5.80. The second-order valence-corrected chi connectivity index (χ2v) is 26.4. The van der Waals surface area contributed by atoms with Gasteiger partial charge in [-0.25, -0.2) is 0 Å². The number of ether oxygens (including phenoxy) is 3. The number of allylic oxidation sites excluding steroid dienone is 17. The molecule has 0 spiro atoms. The Morgan fingerprint density at radius 1 is 0.419 bits per heavy atom. The van der Waals surface area contributed by atoms with Gasteiger partial charge < -0.3 is 45.1 Å². The smallest absolute Gasteiger partial charge is 0.306 e. The molecule has 0 aromatic carbocycles. The fraction of sp³-hybridized carbons (Fsp3) is 0.756. The first kappa shape index (κ1) is 87.3. The molecule has 0 aliphatic carbocycles. The molecule has 8 atom stereocenters. The number of esters is 1. The van der Waals surface area contributed by atoms with Crippen LogP contribution in [-0.4, -0.2) is 99.6 Å². The molecule has 1 fully saturated rings. The van der Waals surface area contributed by atoms with Gasteiger partial charge in [-0.1, -0.05) is 323 Å². The van der Waals surface area contributed by atoms with E-state index in [0.717, 1.165) is 116 Å². The van der Waals surface area contributed by atoms with Gasteiger partial charge in [0.15, 0.2) is 12.4 Å². The first-order valence-electron chi connectivity index (χ1n) is 38.7. The number of hydrogen-bond acceptors (Lipinski definition) is 10. The van der Waals surface area contributed by atoms with Gasteiger partial charge >= 0.3 is 5.97 Å². The van der Waals surface area contributed by atoms with Gasteiger partial charge in [0, 0.05) is 6.42 Å². The van der Waals surface area contributed by atoms with Crippen LogP contribution in [0.2, 0.25) is 0 Å². The quantitative estimate of drug-likeness (QED) is 0.0195. The van der Waals surface area contributed by atoms with Gasteiger partial charge in [-0.3, -0.25) is 9.59 Å². The molecule has 0 aromatic heterocycles. The normalized spacial score (nSPS) is 18.5. The van der Waals surface area contributed by atoms with Crippen LogP contribution >= 0.6 is 0 Å². The summed E-state index contributed by atoms with van der Waals surface area (Å²) in [6.45, 7) is 5.77. The zero-order valence-corrected chi connectivity index (χ0v) is 59.9. The van der Waals surface area contributed by atoms with Crippen LogP contribution in [0.5, 0.6) is 0 Å². The minimum Gasteiger partial charge on any atom is -0.454 e. The predicted octanol–water partition coefficient (Wildman–Crippen LogP) is 20.7. The molecule has 1 heterocycles. The summed E-state index contributed by atoms with van der Waals surface area (Å²) < 4.78 is 17.7. The fourth-order valence-corrected chi connectivity index (χ4v) is 11.6. The lowest BCUT2D eigenvalue weighted by molar-refractivity contribution is -0.305. The average molecular weight is 1300 g/mol. The molecule has 93 heavy (non-hydrogen) atoms. The van der Waals surface area contributed by atoms with Crippen LogP contribution in [0.1, 0.15) is 335 Å². The molecule has 1 amide bonds. The van der Waals surface area contributed by atoms with Crippen molar-refractivity contribution in [3.63, 3.8) is 0 Å².